The molecule has 118 valence electrons. The van der Waals surface area contributed by atoms with Crippen molar-refractivity contribution in [3.05, 3.63) is 54.6 Å². The molecule has 22 heavy (non-hydrogen) atoms. The summed E-state index contributed by atoms with van der Waals surface area (Å²) in [6.07, 6.45) is 0.630. The molecule has 0 saturated carbocycles. The molecule has 0 aliphatic rings. The van der Waals surface area contributed by atoms with Gasteiger partial charge in [0, 0.05) is 20.3 Å². The SMILES string of the molecule is COCCCNS(=O)(=O)c1ccc(Oc2ccccc2)cc1. The molecule has 0 fully saturated rings. The second-order valence-electron chi connectivity index (χ2n) is 4.63. The third kappa shape index (κ3) is 4.84. The average molecular weight is 321 g/mol. The van der Waals surface area contributed by atoms with Crippen molar-refractivity contribution in [2.24, 2.45) is 0 Å². The van der Waals surface area contributed by atoms with Gasteiger partial charge in [-0.1, -0.05) is 18.2 Å². The number of para-hydroxylation sites is 1. The Bertz CT molecular complexity index is 669. The molecule has 0 radical (unpaired) electrons. The van der Waals surface area contributed by atoms with E-state index in [9.17, 15) is 8.42 Å². The summed E-state index contributed by atoms with van der Waals surface area (Å²) in [5.74, 6) is 1.29. The van der Waals surface area contributed by atoms with Crippen molar-refractivity contribution in [3.8, 4) is 11.5 Å². The summed E-state index contributed by atoms with van der Waals surface area (Å²) in [5.41, 5.74) is 0. The lowest BCUT2D eigenvalue weighted by atomic mass is 10.3. The summed E-state index contributed by atoms with van der Waals surface area (Å²) < 4.78 is 37.2. The number of benzene rings is 2. The Hall–Kier alpha value is -1.89. The Balaban J connectivity index is 1.99. The first-order valence-corrected chi connectivity index (χ1v) is 8.42. The zero-order valence-corrected chi connectivity index (χ0v) is 13.2. The minimum atomic E-state index is -3.49. The van der Waals surface area contributed by atoms with Crippen LogP contribution < -0.4 is 9.46 Å². The molecule has 0 saturated heterocycles. The summed E-state index contributed by atoms with van der Waals surface area (Å²) in [7, 11) is -1.91. The molecule has 2 rings (SSSR count). The summed E-state index contributed by atoms with van der Waals surface area (Å²) >= 11 is 0. The van der Waals surface area contributed by atoms with Crippen LogP contribution in [0.5, 0.6) is 11.5 Å². The van der Waals surface area contributed by atoms with Crippen LogP contribution in [-0.2, 0) is 14.8 Å². The van der Waals surface area contributed by atoms with E-state index >= 15 is 0 Å². The molecule has 0 spiro atoms. The number of nitrogens with one attached hydrogen (secondary N) is 1. The van der Waals surface area contributed by atoms with E-state index in [1.54, 1.807) is 19.2 Å². The van der Waals surface area contributed by atoms with E-state index < -0.39 is 10.0 Å². The quantitative estimate of drug-likeness (QED) is 0.759. The molecule has 0 aromatic heterocycles. The highest BCUT2D eigenvalue weighted by Crippen LogP contribution is 2.22. The molecular formula is C16H19NO4S. The number of rotatable bonds is 8. The highest BCUT2D eigenvalue weighted by Gasteiger charge is 2.13. The molecule has 0 heterocycles. The second-order valence-corrected chi connectivity index (χ2v) is 6.40. The van der Waals surface area contributed by atoms with Crippen LogP contribution in [0.4, 0.5) is 0 Å². The van der Waals surface area contributed by atoms with E-state index in [-0.39, 0.29) is 4.90 Å². The fraction of sp³-hybridized carbons (Fsp3) is 0.250. The fourth-order valence-corrected chi connectivity index (χ4v) is 2.89. The van der Waals surface area contributed by atoms with E-state index in [1.165, 1.54) is 12.1 Å². The zero-order chi connectivity index (χ0) is 15.8. The van der Waals surface area contributed by atoms with Crippen LogP contribution in [0.3, 0.4) is 0 Å². The molecule has 0 amide bonds. The van der Waals surface area contributed by atoms with Crippen LogP contribution in [0.1, 0.15) is 6.42 Å². The Morgan fingerprint density at radius 1 is 0.955 bits per heavy atom. The number of sulfonamides is 1. The van der Waals surface area contributed by atoms with E-state index in [4.69, 9.17) is 9.47 Å². The van der Waals surface area contributed by atoms with Crippen LogP contribution in [0, 0.1) is 0 Å². The molecular weight excluding hydrogens is 302 g/mol. The third-order valence-corrected chi connectivity index (χ3v) is 4.41. The van der Waals surface area contributed by atoms with E-state index in [1.807, 2.05) is 30.3 Å². The van der Waals surface area contributed by atoms with Gasteiger partial charge >= 0.3 is 0 Å². The molecule has 2 aromatic carbocycles. The van der Waals surface area contributed by atoms with Gasteiger partial charge in [0.1, 0.15) is 11.5 Å². The van der Waals surface area contributed by atoms with Gasteiger partial charge in [-0.25, -0.2) is 13.1 Å². The van der Waals surface area contributed by atoms with Gasteiger partial charge in [0.15, 0.2) is 0 Å². The first-order valence-electron chi connectivity index (χ1n) is 6.93. The predicted octanol–water partition coefficient (Wildman–Crippen LogP) is 2.79. The lowest BCUT2D eigenvalue weighted by molar-refractivity contribution is 0.196. The fourth-order valence-electron chi connectivity index (χ4n) is 1.82. The van der Waals surface area contributed by atoms with Crippen molar-refractivity contribution in [3.63, 3.8) is 0 Å². The highest BCUT2D eigenvalue weighted by molar-refractivity contribution is 7.89. The largest absolute Gasteiger partial charge is 0.457 e. The van der Waals surface area contributed by atoms with E-state index in [0.717, 1.165) is 0 Å². The number of hydrogen-bond donors (Lipinski definition) is 1. The molecule has 0 aliphatic carbocycles. The summed E-state index contributed by atoms with van der Waals surface area (Å²) in [5, 5.41) is 0. The van der Waals surface area contributed by atoms with Gasteiger partial charge < -0.3 is 9.47 Å². The molecule has 0 unspecified atom stereocenters. The van der Waals surface area contributed by atoms with Crippen molar-refractivity contribution < 1.29 is 17.9 Å². The van der Waals surface area contributed by atoms with E-state index in [2.05, 4.69) is 4.72 Å². The number of ether oxygens (including phenoxy) is 2. The molecule has 0 bridgehead atoms. The molecule has 2 aromatic rings. The van der Waals surface area contributed by atoms with Crippen molar-refractivity contribution in [2.45, 2.75) is 11.3 Å². The lowest BCUT2D eigenvalue weighted by Crippen LogP contribution is -2.25. The minimum Gasteiger partial charge on any atom is -0.457 e. The minimum absolute atomic E-state index is 0.213. The first kappa shape index (κ1) is 16.5. The molecule has 5 nitrogen and oxygen atoms in total. The highest BCUT2D eigenvalue weighted by atomic mass is 32.2. The predicted molar refractivity (Wildman–Crippen MR) is 84.6 cm³/mol. The molecule has 1 N–H and O–H groups in total. The third-order valence-electron chi connectivity index (χ3n) is 2.93. The van der Waals surface area contributed by atoms with Gasteiger partial charge in [-0.2, -0.15) is 0 Å². The van der Waals surface area contributed by atoms with Crippen molar-refractivity contribution in [1.82, 2.24) is 4.72 Å². The van der Waals surface area contributed by atoms with Gasteiger partial charge in [-0.3, -0.25) is 0 Å². The van der Waals surface area contributed by atoms with Crippen molar-refractivity contribution in [1.29, 1.82) is 0 Å². The standard InChI is InChI=1S/C16H19NO4S/c1-20-13-5-12-17-22(18,19)16-10-8-15(9-11-16)21-14-6-3-2-4-7-14/h2-4,6-11,17H,5,12-13H2,1H3. The van der Waals surface area contributed by atoms with Crippen LogP contribution in [0.15, 0.2) is 59.5 Å². The second kappa shape index (κ2) is 7.93. The van der Waals surface area contributed by atoms with Crippen LogP contribution in [-0.4, -0.2) is 28.7 Å². The Kier molecular flexibility index (Phi) is 5.94. The Morgan fingerprint density at radius 3 is 2.23 bits per heavy atom. The Morgan fingerprint density at radius 2 is 1.59 bits per heavy atom. The summed E-state index contributed by atoms with van der Waals surface area (Å²) in [6.45, 7) is 0.866. The maximum atomic E-state index is 12.1. The van der Waals surface area contributed by atoms with Gasteiger partial charge in [-0.15, -0.1) is 0 Å². The topological polar surface area (TPSA) is 64.6 Å². The monoisotopic (exact) mass is 321 g/mol. The number of hydrogen-bond acceptors (Lipinski definition) is 4. The van der Waals surface area contributed by atoms with Crippen molar-refractivity contribution in [2.75, 3.05) is 20.3 Å². The molecule has 0 aliphatic heterocycles. The average Bonchev–Trinajstić information content (AvgIpc) is 2.53. The number of methoxy groups -OCH3 is 1. The van der Waals surface area contributed by atoms with Crippen LogP contribution >= 0.6 is 0 Å². The smallest absolute Gasteiger partial charge is 0.240 e. The van der Waals surface area contributed by atoms with Crippen LogP contribution in [0.2, 0.25) is 0 Å². The van der Waals surface area contributed by atoms with Gasteiger partial charge in [0.25, 0.3) is 0 Å². The van der Waals surface area contributed by atoms with E-state index in [0.29, 0.717) is 31.1 Å². The van der Waals surface area contributed by atoms with Gasteiger partial charge in [-0.05, 0) is 42.8 Å². The van der Waals surface area contributed by atoms with Crippen LogP contribution in [0.25, 0.3) is 0 Å². The lowest BCUT2D eigenvalue weighted by Gasteiger charge is -2.08. The van der Waals surface area contributed by atoms with Gasteiger partial charge in [0.05, 0.1) is 4.90 Å². The molecule has 6 heteroatoms. The summed E-state index contributed by atoms with van der Waals surface area (Å²) in [6, 6.07) is 15.6. The summed E-state index contributed by atoms with van der Waals surface area (Å²) in [4.78, 5) is 0.213. The maximum Gasteiger partial charge on any atom is 0.240 e. The Labute approximate surface area is 130 Å². The maximum absolute atomic E-state index is 12.1. The first-order chi connectivity index (χ1) is 10.6. The normalized spacial score (nSPS) is 11.3. The van der Waals surface area contributed by atoms with Gasteiger partial charge in [0.2, 0.25) is 10.0 Å². The zero-order valence-electron chi connectivity index (χ0n) is 12.4. The molecule has 0 atom stereocenters. The van der Waals surface area contributed by atoms with Crippen molar-refractivity contribution >= 4 is 10.0 Å².